The molecule has 0 atom stereocenters. The van der Waals surface area contributed by atoms with Crippen LogP contribution in [0, 0.1) is 5.92 Å². The van der Waals surface area contributed by atoms with Gasteiger partial charge in [0.15, 0.2) is 11.5 Å². The number of amides is 1. The SMILES string of the molecule is O=C(N[C@H]1CC[C@@H](c2nc3cc(Cl)ccc3o2)CC1)C1CCS(=O)(=O)CC1. The van der Waals surface area contributed by atoms with E-state index >= 15 is 0 Å². The fourth-order valence-corrected chi connectivity index (χ4v) is 5.71. The number of oxazole rings is 1. The minimum absolute atomic E-state index is 0.00449. The van der Waals surface area contributed by atoms with Gasteiger partial charge < -0.3 is 9.73 Å². The van der Waals surface area contributed by atoms with Crippen molar-refractivity contribution in [2.24, 2.45) is 5.92 Å². The van der Waals surface area contributed by atoms with Crippen LogP contribution in [0.1, 0.15) is 50.3 Å². The van der Waals surface area contributed by atoms with E-state index in [9.17, 15) is 13.2 Å². The van der Waals surface area contributed by atoms with Gasteiger partial charge in [0, 0.05) is 22.9 Å². The number of carbonyl (C=O) groups excluding carboxylic acids is 1. The number of hydrogen-bond donors (Lipinski definition) is 1. The van der Waals surface area contributed by atoms with Crippen molar-refractivity contribution in [2.75, 3.05) is 11.5 Å². The van der Waals surface area contributed by atoms with Gasteiger partial charge in [-0.05, 0) is 56.7 Å². The Morgan fingerprint density at radius 1 is 1.11 bits per heavy atom. The summed E-state index contributed by atoms with van der Waals surface area (Å²) < 4.78 is 28.9. The Hall–Kier alpha value is -1.60. The monoisotopic (exact) mass is 410 g/mol. The van der Waals surface area contributed by atoms with E-state index in [1.54, 1.807) is 12.1 Å². The predicted molar refractivity (Wildman–Crippen MR) is 104 cm³/mol. The first-order chi connectivity index (χ1) is 12.9. The van der Waals surface area contributed by atoms with E-state index in [-0.39, 0.29) is 35.3 Å². The van der Waals surface area contributed by atoms with Crippen molar-refractivity contribution in [3.63, 3.8) is 0 Å². The third kappa shape index (κ3) is 4.29. The van der Waals surface area contributed by atoms with Gasteiger partial charge in [-0.2, -0.15) is 0 Å². The van der Waals surface area contributed by atoms with E-state index < -0.39 is 9.84 Å². The van der Waals surface area contributed by atoms with Gasteiger partial charge in [-0.1, -0.05) is 11.6 Å². The van der Waals surface area contributed by atoms with E-state index in [1.165, 1.54) is 0 Å². The largest absolute Gasteiger partial charge is 0.440 e. The third-order valence-corrected chi connectivity index (χ3v) is 7.66. The summed E-state index contributed by atoms with van der Waals surface area (Å²) in [4.78, 5) is 17.0. The summed E-state index contributed by atoms with van der Waals surface area (Å²) in [5.74, 6) is 1.08. The highest BCUT2D eigenvalue weighted by molar-refractivity contribution is 7.91. The summed E-state index contributed by atoms with van der Waals surface area (Å²) in [6.07, 6.45) is 4.45. The molecule has 1 saturated carbocycles. The van der Waals surface area contributed by atoms with Gasteiger partial charge in [-0.15, -0.1) is 0 Å². The van der Waals surface area contributed by atoms with Crippen LogP contribution in [0.2, 0.25) is 5.02 Å². The lowest BCUT2D eigenvalue weighted by Gasteiger charge is -2.29. The normalized spacial score (nSPS) is 26.1. The first-order valence-corrected chi connectivity index (χ1v) is 11.7. The van der Waals surface area contributed by atoms with Gasteiger partial charge in [0.1, 0.15) is 15.4 Å². The van der Waals surface area contributed by atoms with Crippen LogP contribution in [-0.2, 0) is 14.6 Å². The van der Waals surface area contributed by atoms with Crippen LogP contribution in [-0.4, -0.2) is 36.9 Å². The summed E-state index contributed by atoms with van der Waals surface area (Å²) in [6.45, 7) is 0. The molecule has 27 heavy (non-hydrogen) atoms. The molecule has 6 nitrogen and oxygen atoms in total. The molecule has 1 N–H and O–H groups in total. The zero-order valence-corrected chi connectivity index (χ0v) is 16.6. The van der Waals surface area contributed by atoms with E-state index in [1.807, 2.05) is 6.07 Å². The molecule has 146 valence electrons. The van der Waals surface area contributed by atoms with Crippen LogP contribution in [0.25, 0.3) is 11.1 Å². The van der Waals surface area contributed by atoms with E-state index in [0.717, 1.165) is 42.7 Å². The Labute approximate surface area is 163 Å². The molecule has 2 fully saturated rings. The number of benzene rings is 1. The number of fused-ring (bicyclic) bond motifs is 1. The Morgan fingerprint density at radius 3 is 2.52 bits per heavy atom. The fraction of sp³-hybridized carbons (Fsp3) is 0.579. The molecule has 1 aromatic heterocycles. The summed E-state index contributed by atoms with van der Waals surface area (Å²) in [5, 5.41) is 3.76. The highest BCUT2D eigenvalue weighted by atomic mass is 35.5. The minimum atomic E-state index is -2.94. The van der Waals surface area contributed by atoms with Crippen molar-refractivity contribution in [1.82, 2.24) is 10.3 Å². The highest BCUT2D eigenvalue weighted by Crippen LogP contribution is 2.34. The summed E-state index contributed by atoms with van der Waals surface area (Å²) in [7, 11) is -2.94. The van der Waals surface area contributed by atoms with Gasteiger partial charge in [-0.25, -0.2) is 13.4 Å². The molecule has 1 amide bonds. The minimum Gasteiger partial charge on any atom is -0.440 e. The van der Waals surface area contributed by atoms with Gasteiger partial charge in [0.2, 0.25) is 5.91 Å². The Bertz CT molecular complexity index is 934. The fourth-order valence-electron chi connectivity index (χ4n) is 4.05. The molecule has 8 heteroatoms. The van der Waals surface area contributed by atoms with Crippen LogP contribution in [0.15, 0.2) is 22.6 Å². The first-order valence-electron chi connectivity index (χ1n) is 9.46. The molecule has 1 aromatic carbocycles. The van der Waals surface area contributed by atoms with E-state index in [0.29, 0.717) is 17.9 Å². The zero-order chi connectivity index (χ0) is 19.0. The lowest BCUT2D eigenvalue weighted by Crippen LogP contribution is -2.42. The molecule has 2 aromatic rings. The van der Waals surface area contributed by atoms with Crippen molar-refractivity contribution in [3.8, 4) is 0 Å². The van der Waals surface area contributed by atoms with Crippen LogP contribution in [0.5, 0.6) is 0 Å². The highest BCUT2D eigenvalue weighted by Gasteiger charge is 2.31. The number of hydrogen-bond acceptors (Lipinski definition) is 5. The quantitative estimate of drug-likeness (QED) is 0.836. The van der Waals surface area contributed by atoms with E-state index in [2.05, 4.69) is 10.3 Å². The molecule has 0 radical (unpaired) electrons. The molecule has 1 aliphatic carbocycles. The Morgan fingerprint density at radius 2 is 1.81 bits per heavy atom. The number of nitrogens with one attached hydrogen (secondary N) is 1. The number of nitrogens with zero attached hydrogens (tertiary/aromatic N) is 1. The maximum absolute atomic E-state index is 12.4. The molecule has 1 aliphatic heterocycles. The molecular weight excluding hydrogens is 388 g/mol. The molecule has 4 rings (SSSR count). The second kappa shape index (κ2) is 7.43. The van der Waals surface area contributed by atoms with Crippen molar-refractivity contribution in [2.45, 2.75) is 50.5 Å². The summed E-state index contributed by atoms with van der Waals surface area (Å²) in [5.41, 5.74) is 1.53. The van der Waals surface area contributed by atoms with Crippen molar-refractivity contribution in [1.29, 1.82) is 0 Å². The van der Waals surface area contributed by atoms with Crippen LogP contribution in [0.3, 0.4) is 0 Å². The van der Waals surface area contributed by atoms with Gasteiger partial charge in [0.25, 0.3) is 0 Å². The lowest BCUT2D eigenvalue weighted by molar-refractivity contribution is -0.126. The smallest absolute Gasteiger partial charge is 0.223 e. The first kappa shape index (κ1) is 18.7. The number of sulfone groups is 1. The Balaban J connectivity index is 1.31. The second-order valence-corrected chi connectivity index (χ2v) is 10.4. The molecule has 0 spiro atoms. The Kier molecular flexibility index (Phi) is 5.16. The number of aromatic nitrogens is 1. The van der Waals surface area contributed by atoms with Crippen LogP contribution in [0.4, 0.5) is 0 Å². The lowest BCUT2D eigenvalue weighted by atomic mass is 9.85. The van der Waals surface area contributed by atoms with E-state index in [4.69, 9.17) is 16.0 Å². The number of rotatable bonds is 3. The summed E-state index contributed by atoms with van der Waals surface area (Å²) >= 11 is 6.01. The van der Waals surface area contributed by atoms with Crippen LogP contribution < -0.4 is 5.32 Å². The van der Waals surface area contributed by atoms with Gasteiger partial charge >= 0.3 is 0 Å². The second-order valence-electron chi connectivity index (χ2n) is 7.65. The molecule has 0 unspecified atom stereocenters. The molecule has 0 bridgehead atoms. The third-order valence-electron chi connectivity index (χ3n) is 5.71. The average Bonchev–Trinajstić information content (AvgIpc) is 3.05. The number of halogens is 1. The maximum atomic E-state index is 12.4. The van der Waals surface area contributed by atoms with Crippen molar-refractivity contribution >= 4 is 38.4 Å². The zero-order valence-electron chi connectivity index (χ0n) is 15.0. The maximum Gasteiger partial charge on any atom is 0.223 e. The molecular formula is C19H23ClN2O4S. The van der Waals surface area contributed by atoms with Crippen molar-refractivity contribution in [3.05, 3.63) is 29.1 Å². The van der Waals surface area contributed by atoms with Gasteiger partial charge in [0.05, 0.1) is 11.5 Å². The molecule has 1 saturated heterocycles. The van der Waals surface area contributed by atoms with Gasteiger partial charge in [-0.3, -0.25) is 4.79 Å². The topological polar surface area (TPSA) is 89.3 Å². The standard InChI is InChI=1S/C19H23ClN2O4S/c20-14-3-6-17-16(11-14)22-19(26-17)13-1-4-15(5-2-13)21-18(23)12-7-9-27(24,25)10-8-12/h3,6,11-13,15H,1-2,4-5,7-10H2,(H,21,23)/t13-,15+. The predicted octanol–water partition coefficient (Wildman–Crippen LogP) is 3.45. The summed E-state index contributed by atoms with van der Waals surface area (Å²) in [6, 6.07) is 5.58. The van der Waals surface area contributed by atoms with Crippen LogP contribution >= 0.6 is 11.6 Å². The average molecular weight is 411 g/mol. The van der Waals surface area contributed by atoms with Crippen molar-refractivity contribution < 1.29 is 17.6 Å². The number of carbonyl (C=O) groups is 1. The molecule has 2 heterocycles. The molecule has 2 aliphatic rings.